The van der Waals surface area contributed by atoms with Gasteiger partial charge in [-0.3, -0.25) is 0 Å². The minimum absolute atomic E-state index is 0.00569. The molecule has 3 aromatic heterocycles. The van der Waals surface area contributed by atoms with Gasteiger partial charge in [0, 0.05) is 33.7 Å². The van der Waals surface area contributed by atoms with Crippen LogP contribution in [0.3, 0.4) is 0 Å². The predicted molar refractivity (Wildman–Crippen MR) is 276 cm³/mol. The van der Waals surface area contributed by atoms with Crippen molar-refractivity contribution in [3.8, 4) is 29.0 Å². The molecule has 9 aromatic rings. The van der Waals surface area contributed by atoms with Crippen LogP contribution in [-0.4, -0.2) is 31.2 Å². The number of benzene rings is 6. The third-order valence-corrected chi connectivity index (χ3v) is 12.2. The van der Waals surface area contributed by atoms with Gasteiger partial charge in [0.05, 0.1) is 28.5 Å². The molecule has 11 nitrogen and oxygen atoms in total. The molecule has 72 heavy (non-hydrogen) atoms. The Morgan fingerprint density at radius 3 is 1.64 bits per heavy atom. The van der Waals surface area contributed by atoms with Crippen molar-refractivity contribution in [2.24, 2.45) is 21.7 Å². The fourth-order valence-electron chi connectivity index (χ4n) is 9.07. The number of nitrogens with zero attached hydrogens (tertiary/aromatic N) is 6. The van der Waals surface area contributed by atoms with Crippen molar-refractivity contribution >= 4 is 27.6 Å². The number of pyridine rings is 2. The molecular formula is C59H55F2N7O4. The van der Waals surface area contributed by atoms with Crippen LogP contribution in [0.4, 0.5) is 8.78 Å². The summed E-state index contributed by atoms with van der Waals surface area (Å²) in [4.78, 5) is 13.7. The van der Waals surface area contributed by atoms with Crippen LogP contribution in [0.15, 0.2) is 167 Å². The van der Waals surface area contributed by atoms with Gasteiger partial charge in [-0.1, -0.05) is 125 Å². The number of fused-ring (bicyclic) bond motifs is 2. The first kappa shape index (κ1) is 49.9. The van der Waals surface area contributed by atoms with Gasteiger partial charge < -0.3 is 24.9 Å². The lowest BCUT2D eigenvalue weighted by atomic mass is 9.71. The van der Waals surface area contributed by atoms with Crippen LogP contribution in [0.2, 0.25) is 0 Å². The van der Waals surface area contributed by atoms with Gasteiger partial charge in [0.1, 0.15) is 42.8 Å². The molecule has 3 heterocycles. The molecule has 3 N–H and O–H groups in total. The molecule has 0 aliphatic rings. The van der Waals surface area contributed by atoms with Gasteiger partial charge in [0.2, 0.25) is 11.7 Å². The Hall–Kier alpha value is -8.50. The third kappa shape index (κ3) is 11.9. The first-order valence-corrected chi connectivity index (χ1v) is 23.5. The zero-order chi connectivity index (χ0) is 51.0. The van der Waals surface area contributed by atoms with Crippen molar-refractivity contribution in [1.29, 1.82) is 5.26 Å². The molecule has 0 amide bonds. The summed E-state index contributed by atoms with van der Waals surface area (Å²) in [6.45, 7) is 13.6. The Kier molecular flexibility index (Phi) is 15.0. The summed E-state index contributed by atoms with van der Waals surface area (Å²) in [7, 11) is 0. The average Bonchev–Trinajstić information content (AvgIpc) is 3.83. The monoisotopic (exact) mass is 963 g/mol. The van der Waals surface area contributed by atoms with Gasteiger partial charge in [-0.25, -0.2) is 18.7 Å². The van der Waals surface area contributed by atoms with Crippen LogP contribution < -0.4 is 15.2 Å². The number of nitriles is 1. The van der Waals surface area contributed by atoms with Gasteiger partial charge in [-0.15, -0.1) is 0 Å². The number of halogens is 2. The number of aromatic nitrogens is 4. The zero-order valence-corrected chi connectivity index (χ0v) is 41.0. The summed E-state index contributed by atoms with van der Waals surface area (Å²) >= 11 is 0. The Bertz CT molecular complexity index is 3400. The van der Waals surface area contributed by atoms with Crippen molar-refractivity contribution in [1.82, 2.24) is 20.1 Å². The van der Waals surface area contributed by atoms with Crippen LogP contribution >= 0.6 is 0 Å². The quantitative estimate of drug-likeness (QED) is 0.0491. The molecule has 6 aromatic carbocycles. The number of rotatable bonds is 13. The van der Waals surface area contributed by atoms with Crippen molar-refractivity contribution in [2.75, 3.05) is 0 Å². The van der Waals surface area contributed by atoms with Crippen LogP contribution in [0.5, 0.6) is 11.5 Å². The maximum absolute atomic E-state index is 13.5. The van der Waals surface area contributed by atoms with E-state index in [4.69, 9.17) is 25.0 Å². The molecule has 2 unspecified atom stereocenters. The highest BCUT2D eigenvalue weighted by atomic mass is 19.1. The molecule has 2 atom stereocenters. The SMILES string of the molecule is CC(C)(C)C(c1ccccc1)c1cc(OCc2ccc3cc(F)ccc3n2)ccc1-c1noc(CC#N)n1.CC(C)(C)C(c1ccccc1)c1cc(OCc2ccc3cc(F)ccc3n2)ccc1/C(N)=N/O. The molecule has 0 aliphatic heterocycles. The Morgan fingerprint density at radius 2 is 1.14 bits per heavy atom. The van der Waals surface area contributed by atoms with E-state index in [1.54, 1.807) is 18.2 Å². The van der Waals surface area contributed by atoms with E-state index in [0.29, 0.717) is 33.9 Å². The van der Waals surface area contributed by atoms with Crippen LogP contribution in [0, 0.1) is 33.8 Å². The highest BCUT2D eigenvalue weighted by molar-refractivity contribution is 5.99. The molecule has 0 saturated heterocycles. The standard InChI is InChI=1S/C31H27FN4O2.C28H28FN3O2/c1-31(2,3)29(20-7-5-4-6-8-20)26-18-24(12-13-25(26)30-35-28(15-16-33)38-36-30)37-19-23-11-9-21-17-22(32)10-14-27(21)34-23;1-28(2,3)26(18-7-5-4-6-8-18)24-16-22(12-13-23(24)27(30)32-33)34-17-21-11-9-19-15-20(29)10-14-25(19)31-21/h4-14,17-18,29H,15,19H2,1-3H3;4-16,26,33H,17H2,1-3H3,(H2,30,32). The fraction of sp³-hybridized carbons (Fsp3) is 0.220. The van der Waals surface area contributed by atoms with Gasteiger partial charge in [-0.2, -0.15) is 10.2 Å². The largest absolute Gasteiger partial charge is 0.487 e. The van der Waals surface area contributed by atoms with Crippen LogP contribution in [0.1, 0.15) is 98.5 Å². The summed E-state index contributed by atoms with van der Waals surface area (Å²) in [5.41, 5.74) is 14.3. The fourth-order valence-corrected chi connectivity index (χ4v) is 9.07. The average molecular weight is 964 g/mol. The van der Waals surface area contributed by atoms with E-state index < -0.39 is 0 Å². The van der Waals surface area contributed by atoms with E-state index in [2.05, 4.69) is 97.1 Å². The second kappa shape index (κ2) is 21.6. The maximum atomic E-state index is 13.5. The first-order valence-electron chi connectivity index (χ1n) is 23.5. The highest BCUT2D eigenvalue weighted by Gasteiger charge is 2.33. The maximum Gasteiger partial charge on any atom is 0.241 e. The predicted octanol–water partition coefficient (Wildman–Crippen LogP) is 13.5. The second-order valence-electron chi connectivity index (χ2n) is 19.6. The lowest BCUT2D eigenvalue weighted by Gasteiger charge is -2.33. The summed E-state index contributed by atoms with van der Waals surface area (Å²) in [5, 5.41) is 27.3. The molecular weight excluding hydrogens is 909 g/mol. The van der Waals surface area contributed by atoms with Crippen molar-refractivity contribution in [3.63, 3.8) is 0 Å². The van der Waals surface area contributed by atoms with E-state index >= 15 is 0 Å². The van der Waals surface area contributed by atoms with E-state index in [9.17, 15) is 14.0 Å². The molecule has 9 rings (SSSR count). The highest BCUT2D eigenvalue weighted by Crippen LogP contribution is 2.46. The smallest absolute Gasteiger partial charge is 0.241 e. The Labute approximate surface area is 417 Å². The summed E-state index contributed by atoms with van der Waals surface area (Å²) in [6, 6.07) is 50.3. The van der Waals surface area contributed by atoms with Gasteiger partial charge in [0.25, 0.3) is 0 Å². The van der Waals surface area contributed by atoms with E-state index in [0.717, 1.165) is 50.0 Å². The van der Waals surface area contributed by atoms with Crippen LogP contribution in [0.25, 0.3) is 33.2 Å². The third-order valence-electron chi connectivity index (χ3n) is 12.2. The van der Waals surface area contributed by atoms with Crippen molar-refractivity contribution < 1.29 is 28.0 Å². The zero-order valence-electron chi connectivity index (χ0n) is 41.0. The van der Waals surface area contributed by atoms with E-state index in [1.165, 1.54) is 24.3 Å². The summed E-state index contributed by atoms with van der Waals surface area (Å²) < 4.78 is 44.6. The number of hydrogen-bond donors (Lipinski definition) is 2. The number of ether oxygens (including phenoxy) is 2. The molecule has 364 valence electrons. The van der Waals surface area contributed by atoms with Crippen molar-refractivity contribution in [2.45, 2.75) is 73.0 Å². The lowest BCUT2D eigenvalue weighted by molar-refractivity contribution is 0.299. The molecule has 0 bridgehead atoms. The minimum atomic E-state index is -0.288. The normalized spacial score (nSPS) is 12.7. The first-order chi connectivity index (χ1) is 34.6. The molecule has 0 saturated carbocycles. The number of nitrogens with two attached hydrogens (primary N) is 1. The van der Waals surface area contributed by atoms with Crippen LogP contribution in [-0.2, 0) is 19.6 Å². The number of hydrogen-bond acceptors (Lipinski definition) is 10. The number of amidine groups is 1. The molecule has 0 aliphatic carbocycles. The van der Waals surface area contributed by atoms with E-state index in [1.807, 2.05) is 91.0 Å². The lowest BCUT2D eigenvalue weighted by Crippen LogP contribution is -2.24. The second-order valence-corrected chi connectivity index (χ2v) is 19.6. The van der Waals surface area contributed by atoms with E-state index in [-0.39, 0.29) is 65.7 Å². The van der Waals surface area contributed by atoms with Gasteiger partial charge >= 0.3 is 0 Å². The van der Waals surface area contributed by atoms with Gasteiger partial charge in [0.15, 0.2) is 5.84 Å². The van der Waals surface area contributed by atoms with Crippen molar-refractivity contribution in [3.05, 3.63) is 214 Å². The molecule has 0 radical (unpaired) electrons. The molecule has 0 fully saturated rings. The summed E-state index contributed by atoms with van der Waals surface area (Å²) in [5.74, 6) is 1.48. The molecule has 13 heteroatoms. The molecule has 0 spiro atoms. The topological polar surface area (TPSA) is 166 Å². The summed E-state index contributed by atoms with van der Waals surface area (Å²) in [6.07, 6.45) is 0.0519. The Morgan fingerprint density at radius 1 is 0.639 bits per heavy atom. The Balaban J connectivity index is 0.000000194. The minimum Gasteiger partial charge on any atom is -0.487 e. The number of oxime groups is 1. The van der Waals surface area contributed by atoms with Gasteiger partial charge in [-0.05, 0) is 118 Å².